The van der Waals surface area contributed by atoms with Crippen molar-refractivity contribution in [2.75, 3.05) is 13.2 Å². The second-order valence-electron chi connectivity index (χ2n) is 6.25. The number of hydrogen-bond donors (Lipinski definition) is 1. The van der Waals surface area contributed by atoms with E-state index in [1.54, 1.807) is 19.1 Å². The van der Waals surface area contributed by atoms with Gasteiger partial charge in [0.25, 0.3) is 5.91 Å². The number of nitrogens with one attached hydrogen (secondary N) is 1. The fraction of sp³-hybridized carbons (Fsp3) is 0.412. The molecule has 2 atom stereocenters. The van der Waals surface area contributed by atoms with Gasteiger partial charge >= 0.3 is 18.0 Å². The SMILES string of the molecule is Cc1ccc([C@@]2(C)NC(=O)N(CC(=O)O[C@H]3CCOC3=O)C2=O)cc1. The van der Waals surface area contributed by atoms with Gasteiger partial charge in [-0.15, -0.1) is 0 Å². The van der Waals surface area contributed by atoms with Crippen LogP contribution in [0.5, 0.6) is 0 Å². The van der Waals surface area contributed by atoms with Gasteiger partial charge in [0.15, 0.2) is 0 Å². The fourth-order valence-corrected chi connectivity index (χ4v) is 2.83. The normalized spacial score (nSPS) is 25.8. The van der Waals surface area contributed by atoms with Crippen LogP contribution in [0.25, 0.3) is 0 Å². The summed E-state index contributed by atoms with van der Waals surface area (Å²) < 4.78 is 9.69. The van der Waals surface area contributed by atoms with Crippen LogP contribution in [0.15, 0.2) is 24.3 Å². The second kappa shape index (κ2) is 6.19. The average molecular weight is 346 g/mol. The molecule has 0 saturated carbocycles. The van der Waals surface area contributed by atoms with Crippen LogP contribution in [0.2, 0.25) is 0 Å². The summed E-state index contributed by atoms with van der Waals surface area (Å²) in [6.07, 6.45) is -0.706. The summed E-state index contributed by atoms with van der Waals surface area (Å²) in [6, 6.07) is 6.50. The lowest BCUT2D eigenvalue weighted by Gasteiger charge is -2.22. The first-order valence-corrected chi connectivity index (χ1v) is 7.88. The molecule has 3 amide bonds. The number of nitrogens with zero attached hydrogens (tertiary/aromatic N) is 1. The van der Waals surface area contributed by atoms with Gasteiger partial charge in [-0.2, -0.15) is 0 Å². The van der Waals surface area contributed by atoms with E-state index < -0.39 is 42.1 Å². The van der Waals surface area contributed by atoms with Crippen LogP contribution in [0.3, 0.4) is 0 Å². The van der Waals surface area contributed by atoms with Crippen molar-refractivity contribution in [3.63, 3.8) is 0 Å². The number of esters is 2. The Balaban J connectivity index is 1.71. The van der Waals surface area contributed by atoms with Crippen molar-refractivity contribution in [1.82, 2.24) is 10.2 Å². The van der Waals surface area contributed by atoms with Crippen LogP contribution in [-0.2, 0) is 29.4 Å². The van der Waals surface area contributed by atoms with Crippen LogP contribution in [0.4, 0.5) is 4.79 Å². The van der Waals surface area contributed by atoms with E-state index >= 15 is 0 Å². The number of hydrogen-bond acceptors (Lipinski definition) is 6. The van der Waals surface area contributed by atoms with Crippen molar-refractivity contribution in [2.45, 2.75) is 31.9 Å². The van der Waals surface area contributed by atoms with E-state index in [1.165, 1.54) is 0 Å². The summed E-state index contributed by atoms with van der Waals surface area (Å²) in [5, 5.41) is 2.61. The summed E-state index contributed by atoms with van der Waals surface area (Å²) in [4.78, 5) is 49.0. The van der Waals surface area contributed by atoms with Gasteiger partial charge in [-0.3, -0.25) is 14.5 Å². The molecule has 0 spiro atoms. The number of benzene rings is 1. The van der Waals surface area contributed by atoms with E-state index in [4.69, 9.17) is 9.47 Å². The molecule has 2 aliphatic heterocycles. The Kier molecular flexibility index (Phi) is 4.20. The summed E-state index contributed by atoms with van der Waals surface area (Å²) in [6.45, 7) is 3.12. The smallest absolute Gasteiger partial charge is 0.347 e. The van der Waals surface area contributed by atoms with Gasteiger partial charge in [-0.1, -0.05) is 29.8 Å². The van der Waals surface area contributed by atoms with Crippen molar-refractivity contribution in [3.05, 3.63) is 35.4 Å². The molecule has 0 bridgehead atoms. The molecule has 2 fully saturated rings. The number of cyclic esters (lactones) is 1. The molecular weight excluding hydrogens is 328 g/mol. The Labute approximate surface area is 144 Å². The van der Waals surface area contributed by atoms with Crippen LogP contribution < -0.4 is 5.32 Å². The molecule has 8 nitrogen and oxygen atoms in total. The number of amides is 3. The van der Waals surface area contributed by atoms with E-state index in [-0.39, 0.29) is 13.0 Å². The van der Waals surface area contributed by atoms with Gasteiger partial charge in [0.05, 0.1) is 6.61 Å². The molecule has 1 aromatic carbocycles. The predicted molar refractivity (Wildman–Crippen MR) is 84.2 cm³/mol. The topological polar surface area (TPSA) is 102 Å². The van der Waals surface area contributed by atoms with E-state index in [9.17, 15) is 19.2 Å². The maximum atomic E-state index is 12.7. The largest absolute Gasteiger partial charge is 0.463 e. The highest BCUT2D eigenvalue weighted by Gasteiger charge is 2.49. The number of imide groups is 1. The lowest BCUT2D eigenvalue weighted by Crippen LogP contribution is -2.42. The second-order valence-corrected chi connectivity index (χ2v) is 6.25. The first-order valence-electron chi connectivity index (χ1n) is 7.88. The molecule has 2 saturated heterocycles. The zero-order valence-corrected chi connectivity index (χ0v) is 13.9. The molecule has 25 heavy (non-hydrogen) atoms. The predicted octanol–water partition coefficient (Wildman–Crippen LogP) is 0.621. The minimum absolute atomic E-state index is 0.186. The van der Waals surface area contributed by atoms with Crippen molar-refractivity contribution >= 4 is 23.9 Å². The third-order valence-electron chi connectivity index (χ3n) is 4.35. The van der Waals surface area contributed by atoms with Crippen molar-refractivity contribution in [1.29, 1.82) is 0 Å². The molecular formula is C17H18N2O6. The molecule has 8 heteroatoms. The first kappa shape index (κ1) is 16.9. The first-order chi connectivity index (χ1) is 11.8. The lowest BCUT2D eigenvalue weighted by molar-refractivity contribution is -0.161. The Morgan fingerprint density at radius 3 is 2.60 bits per heavy atom. The number of carbonyl (C=O) groups is 4. The van der Waals surface area contributed by atoms with Gasteiger partial charge in [-0.05, 0) is 19.4 Å². The van der Waals surface area contributed by atoms with E-state index in [1.807, 2.05) is 19.1 Å². The standard InChI is InChI=1S/C17H18N2O6/c1-10-3-5-11(6-4-10)17(2)15(22)19(16(23)18-17)9-13(20)25-12-7-8-24-14(12)21/h3-6,12H,7-9H2,1-2H3,(H,18,23)/t12-,17+/m0/s1. The zero-order chi connectivity index (χ0) is 18.2. The summed E-state index contributed by atoms with van der Waals surface area (Å²) in [7, 11) is 0. The van der Waals surface area contributed by atoms with Crippen LogP contribution >= 0.6 is 0 Å². The highest BCUT2D eigenvalue weighted by molar-refractivity contribution is 6.08. The Hall–Kier alpha value is -2.90. The number of ether oxygens (including phenoxy) is 2. The Morgan fingerprint density at radius 1 is 1.32 bits per heavy atom. The number of carbonyl (C=O) groups excluding carboxylic acids is 4. The fourth-order valence-electron chi connectivity index (χ4n) is 2.83. The summed E-state index contributed by atoms with van der Waals surface area (Å²) >= 11 is 0. The van der Waals surface area contributed by atoms with Gasteiger partial charge in [0.2, 0.25) is 6.10 Å². The minimum atomic E-state index is -1.25. The molecule has 0 radical (unpaired) electrons. The Bertz CT molecular complexity index is 744. The quantitative estimate of drug-likeness (QED) is 0.633. The molecule has 2 heterocycles. The highest BCUT2D eigenvalue weighted by atomic mass is 16.6. The lowest BCUT2D eigenvalue weighted by atomic mass is 9.91. The molecule has 1 aromatic rings. The van der Waals surface area contributed by atoms with Gasteiger partial charge in [0, 0.05) is 6.42 Å². The third kappa shape index (κ3) is 3.07. The number of urea groups is 1. The summed E-state index contributed by atoms with van der Waals surface area (Å²) in [5.74, 6) is -2.00. The maximum Gasteiger partial charge on any atom is 0.347 e. The molecule has 3 rings (SSSR count). The van der Waals surface area contributed by atoms with Crippen molar-refractivity contribution < 1.29 is 28.7 Å². The van der Waals surface area contributed by atoms with Crippen LogP contribution in [0, 0.1) is 6.92 Å². The monoisotopic (exact) mass is 346 g/mol. The Morgan fingerprint density at radius 2 is 2.00 bits per heavy atom. The van der Waals surface area contributed by atoms with E-state index in [0.717, 1.165) is 10.5 Å². The van der Waals surface area contributed by atoms with Crippen LogP contribution in [-0.4, -0.2) is 48.0 Å². The van der Waals surface area contributed by atoms with Gasteiger partial charge in [-0.25, -0.2) is 9.59 Å². The van der Waals surface area contributed by atoms with Crippen molar-refractivity contribution in [2.24, 2.45) is 0 Å². The molecule has 0 aromatic heterocycles. The highest BCUT2D eigenvalue weighted by Crippen LogP contribution is 2.29. The third-order valence-corrected chi connectivity index (χ3v) is 4.35. The molecule has 2 aliphatic rings. The number of rotatable bonds is 4. The molecule has 1 N–H and O–H groups in total. The van der Waals surface area contributed by atoms with Gasteiger partial charge in [0.1, 0.15) is 12.1 Å². The average Bonchev–Trinajstić information content (AvgIpc) is 3.05. The molecule has 0 aliphatic carbocycles. The zero-order valence-electron chi connectivity index (χ0n) is 13.9. The van der Waals surface area contributed by atoms with Crippen molar-refractivity contribution in [3.8, 4) is 0 Å². The summed E-state index contributed by atoms with van der Waals surface area (Å²) in [5.41, 5.74) is 0.386. The number of aryl methyl sites for hydroxylation is 1. The molecule has 0 unspecified atom stereocenters. The molecule has 132 valence electrons. The van der Waals surface area contributed by atoms with Gasteiger partial charge < -0.3 is 14.8 Å². The van der Waals surface area contributed by atoms with E-state index in [2.05, 4.69) is 5.32 Å². The maximum absolute atomic E-state index is 12.7. The van der Waals surface area contributed by atoms with Crippen LogP contribution in [0.1, 0.15) is 24.5 Å². The van der Waals surface area contributed by atoms with E-state index in [0.29, 0.717) is 5.56 Å². The minimum Gasteiger partial charge on any atom is -0.463 e.